The van der Waals surface area contributed by atoms with Crippen molar-refractivity contribution in [3.8, 4) is 5.69 Å². The van der Waals surface area contributed by atoms with Crippen LogP contribution >= 0.6 is 0 Å². The molecule has 24 heavy (non-hydrogen) atoms. The first-order valence-corrected chi connectivity index (χ1v) is 7.54. The lowest BCUT2D eigenvalue weighted by atomic mass is 9.92. The van der Waals surface area contributed by atoms with E-state index in [1.807, 2.05) is 26.8 Å². The quantitative estimate of drug-likeness (QED) is 0.786. The Morgan fingerprint density at radius 3 is 2.50 bits per heavy atom. The van der Waals surface area contributed by atoms with Gasteiger partial charge in [-0.15, -0.1) is 0 Å². The van der Waals surface area contributed by atoms with Gasteiger partial charge in [0.25, 0.3) is 5.91 Å². The molecule has 2 heterocycles. The molecule has 1 amide bonds. The number of anilines is 1. The second-order valence-electron chi connectivity index (χ2n) is 6.52. The fourth-order valence-electron chi connectivity index (χ4n) is 2.20. The van der Waals surface area contributed by atoms with Crippen LogP contribution in [0.1, 0.15) is 36.8 Å². The highest BCUT2D eigenvalue weighted by molar-refractivity contribution is 6.03. The standard InChI is InChI=1S/C18H18FN3O2/c1-18(2,3)15-10-16(20-17(23)12-8-9-24-11-12)22(21-15)14-6-4-13(19)5-7-14/h4-11H,1-3H3,(H,20,23). The summed E-state index contributed by atoms with van der Waals surface area (Å²) in [6, 6.07) is 9.34. The van der Waals surface area contributed by atoms with E-state index in [2.05, 4.69) is 10.4 Å². The van der Waals surface area contributed by atoms with Crippen molar-refractivity contribution in [3.05, 3.63) is 66.0 Å². The second kappa shape index (κ2) is 5.96. The number of nitrogens with one attached hydrogen (secondary N) is 1. The van der Waals surface area contributed by atoms with Gasteiger partial charge in [-0.05, 0) is 30.3 Å². The second-order valence-corrected chi connectivity index (χ2v) is 6.52. The Kier molecular flexibility index (Phi) is 3.97. The smallest absolute Gasteiger partial charge is 0.260 e. The Labute approximate surface area is 139 Å². The number of carbonyl (C=O) groups is 1. The zero-order chi connectivity index (χ0) is 17.3. The number of hydrogen-bond donors (Lipinski definition) is 1. The molecule has 0 aliphatic rings. The van der Waals surface area contributed by atoms with Crippen molar-refractivity contribution in [3.63, 3.8) is 0 Å². The van der Waals surface area contributed by atoms with Crippen LogP contribution in [0, 0.1) is 5.82 Å². The molecule has 1 aromatic carbocycles. The first kappa shape index (κ1) is 16.0. The number of rotatable bonds is 3. The highest BCUT2D eigenvalue weighted by Gasteiger charge is 2.22. The molecule has 5 nitrogen and oxygen atoms in total. The summed E-state index contributed by atoms with van der Waals surface area (Å²) in [5.74, 6) is -0.115. The summed E-state index contributed by atoms with van der Waals surface area (Å²) in [5, 5.41) is 7.40. The summed E-state index contributed by atoms with van der Waals surface area (Å²) >= 11 is 0. The number of nitrogens with zero attached hydrogens (tertiary/aromatic N) is 2. The Morgan fingerprint density at radius 2 is 1.92 bits per heavy atom. The number of halogens is 1. The van der Waals surface area contributed by atoms with E-state index < -0.39 is 0 Å². The van der Waals surface area contributed by atoms with Gasteiger partial charge in [0.1, 0.15) is 17.9 Å². The normalized spacial score (nSPS) is 11.5. The summed E-state index contributed by atoms with van der Waals surface area (Å²) in [4.78, 5) is 12.3. The maximum atomic E-state index is 13.2. The van der Waals surface area contributed by atoms with E-state index in [9.17, 15) is 9.18 Å². The van der Waals surface area contributed by atoms with Crippen LogP contribution in [0.5, 0.6) is 0 Å². The first-order chi connectivity index (χ1) is 11.3. The molecular weight excluding hydrogens is 309 g/mol. The van der Waals surface area contributed by atoms with E-state index in [0.717, 1.165) is 5.69 Å². The van der Waals surface area contributed by atoms with Crippen LogP contribution in [-0.4, -0.2) is 15.7 Å². The molecule has 0 fully saturated rings. The van der Waals surface area contributed by atoms with E-state index in [1.54, 1.807) is 22.9 Å². The van der Waals surface area contributed by atoms with Gasteiger partial charge in [-0.2, -0.15) is 5.10 Å². The van der Waals surface area contributed by atoms with Crippen LogP contribution in [0.2, 0.25) is 0 Å². The number of amides is 1. The fraction of sp³-hybridized carbons (Fsp3) is 0.222. The molecule has 2 aromatic heterocycles. The maximum Gasteiger partial charge on any atom is 0.260 e. The number of carbonyl (C=O) groups excluding carboxylic acids is 1. The number of benzene rings is 1. The van der Waals surface area contributed by atoms with Gasteiger partial charge in [-0.25, -0.2) is 9.07 Å². The van der Waals surface area contributed by atoms with E-state index in [1.165, 1.54) is 24.7 Å². The molecular formula is C18H18FN3O2. The lowest BCUT2D eigenvalue weighted by Gasteiger charge is -2.14. The molecule has 0 bridgehead atoms. The first-order valence-electron chi connectivity index (χ1n) is 7.54. The van der Waals surface area contributed by atoms with Crippen molar-refractivity contribution >= 4 is 11.7 Å². The van der Waals surface area contributed by atoms with Crippen LogP contribution in [0.15, 0.2) is 53.3 Å². The summed E-state index contributed by atoms with van der Waals surface area (Å²) in [6.45, 7) is 6.10. The van der Waals surface area contributed by atoms with Crippen molar-refractivity contribution in [2.45, 2.75) is 26.2 Å². The molecule has 0 spiro atoms. The Balaban J connectivity index is 2.01. The van der Waals surface area contributed by atoms with Crippen LogP contribution in [-0.2, 0) is 5.41 Å². The largest absolute Gasteiger partial charge is 0.472 e. The van der Waals surface area contributed by atoms with Gasteiger partial charge in [-0.1, -0.05) is 20.8 Å². The third kappa shape index (κ3) is 3.22. The molecule has 3 rings (SSSR count). The van der Waals surface area contributed by atoms with Crippen molar-refractivity contribution in [1.82, 2.24) is 9.78 Å². The SMILES string of the molecule is CC(C)(C)c1cc(NC(=O)c2ccoc2)n(-c2ccc(F)cc2)n1. The van der Waals surface area contributed by atoms with E-state index in [0.29, 0.717) is 17.1 Å². The number of aromatic nitrogens is 2. The van der Waals surface area contributed by atoms with Crippen molar-refractivity contribution in [2.24, 2.45) is 0 Å². The van der Waals surface area contributed by atoms with Gasteiger partial charge in [0.05, 0.1) is 23.2 Å². The monoisotopic (exact) mass is 327 g/mol. The Morgan fingerprint density at radius 1 is 1.21 bits per heavy atom. The van der Waals surface area contributed by atoms with Crippen LogP contribution in [0.4, 0.5) is 10.2 Å². The number of furan rings is 1. The third-order valence-corrected chi connectivity index (χ3v) is 3.57. The van der Waals surface area contributed by atoms with Crippen LogP contribution in [0.25, 0.3) is 5.69 Å². The molecule has 0 unspecified atom stereocenters. The highest BCUT2D eigenvalue weighted by Crippen LogP contribution is 2.26. The van der Waals surface area contributed by atoms with Gasteiger partial charge < -0.3 is 9.73 Å². The molecule has 0 saturated heterocycles. The van der Waals surface area contributed by atoms with Gasteiger partial charge in [-0.3, -0.25) is 4.79 Å². The molecule has 3 aromatic rings. The molecule has 0 saturated carbocycles. The average molecular weight is 327 g/mol. The topological polar surface area (TPSA) is 60.1 Å². The summed E-state index contributed by atoms with van der Waals surface area (Å²) in [5.41, 5.74) is 1.70. The van der Waals surface area contributed by atoms with E-state index >= 15 is 0 Å². The van der Waals surface area contributed by atoms with Crippen molar-refractivity contribution in [1.29, 1.82) is 0 Å². The predicted molar refractivity (Wildman–Crippen MR) is 88.9 cm³/mol. The lowest BCUT2D eigenvalue weighted by molar-refractivity contribution is 0.102. The van der Waals surface area contributed by atoms with E-state index in [-0.39, 0.29) is 17.1 Å². The van der Waals surface area contributed by atoms with Crippen molar-refractivity contribution in [2.75, 3.05) is 5.32 Å². The Hall–Kier alpha value is -2.89. The third-order valence-electron chi connectivity index (χ3n) is 3.57. The summed E-state index contributed by atoms with van der Waals surface area (Å²) in [6.07, 6.45) is 2.81. The molecule has 0 aliphatic carbocycles. The zero-order valence-electron chi connectivity index (χ0n) is 13.7. The average Bonchev–Trinajstić information content (AvgIpc) is 3.16. The maximum absolute atomic E-state index is 13.2. The van der Waals surface area contributed by atoms with Crippen LogP contribution in [0.3, 0.4) is 0 Å². The highest BCUT2D eigenvalue weighted by atomic mass is 19.1. The Bertz CT molecular complexity index is 844. The molecule has 0 radical (unpaired) electrons. The summed E-state index contributed by atoms with van der Waals surface area (Å²) < 4.78 is 19.7. The molecule has 124 valence electrons. The van der Waals surface area contributed by atoms with Crippen molar-refractivity contribution < 1.29 is 13.6 Å². The molecule has 0 aliphatic heterocycles. The zero-order valence-corrected chi connectivity index (χ0v) is 13.7. The fourth-order valence-corrected chi connectivity index (χ4v) is 2.20. The minimum atomic E-state index is -0.328. The van der Waals surface area contributed by atoms with Gasteiger partial charge >= 0.3 is 0 Å². The molecule has 6 heteroatoms. The van der Waals surface area contributed by atoms with Gasteiger partial charge in [0.15, 0.2) is 0 Å². The summed E-state index contributed by atoms with van der Waals surface area (Å²) in [7, 11) is 0. The minimum absolute atomic E-state index is 0.194. The number of hydrogen-bond acceptors (Lipinski definition) is 3. The van der Waals surface area contributed by atoms with Gasteiger partial charge in [0, 0.05) is 11.5 Å². The lowest BCUT2D eigenvalue weighted by Crippen LogP contribution is -2.14. The minimum Gasteiger partial charge on any atom is -0.472 e. The molecule has 0 atom stereocenters. The molecule has 1 N–H and O–H groups in total. The van der Waals surface area contributed by atoms with Gasteiger partial charge in [0.2, 0.25) is 0 Å². The van der Waals surface area contributed by atoms with E-state index in [4.69, 9.17) is 4.42 Å². The van der Waals surface area contributed by atoms with Crippen LogP contribution < -0.4 is 5.32 Å². The predicted octanol–water partition coefficient (Wildman–Crippen LogP) is 4.15.